The van der Waals surface area contributed by atoms with Crippen molar-refractivity contribution >= 4 is 11.8 Å². The fourth-order valence-corrected chi connectivity index (χ4v) is 3.74. The summed E-state index contributed by atoms with van der Waals surface area (Å²) in [5.41, 5.74) is 2.82. The van der Waals surface area contributed by atoms with Crippen LogP contribution in [0.4, 0.5) is 0 Å². The van der Waals surface area contributed by atoms with Crippen molar-refractivity contribution in [2.75, 3.05) is 26.1 Å². The van der Waals surface area contributed by atoms with Crippen molar-refractivity contribution in [1.82, 2.24) is 4.90 Å². The van der Waals surface area contributed by atoms with Crippen LogP contribution in [0.1, 0.15) is 11.1 Å². The summed E-state index contributed by atoms with van der Waals surface area (Å²) in [4.78, 5) is 2.25. The van der Waals surface area contributed by atoms with Crippen molar-refractivity contribution in [3.63, 3.8) is 0 Å². The zero-order chi connectivity index (χ0) is 10.3. The topological polar surface area (TPSA) is 12.5 Å². The number of thioether (sulfide) groups is 1. The molecule has 2 aliphatic heterocycles. The predicted molar refractivity (Wildman–Crippen MR) is 62.9 cm³/mol. The van der Waals surface area contributed by atoms with Gasteiger partial charge >= 0.3 is 0 Å². The lowest BCUT2D eigenvalue weighted by atomic mass is 9.91. The summed E-state index contributed by atoms with van der Waals surface area (Å²) in [7, 11) is 2.12. The highest BCUT2D eigenvalue weighted by molar-refractivity contribution is 7.98. The summed E-state index contributed by atoms with van der Waals surface area (Å²) >= 11 is 1.98. The fourth-order valence-electron chi connectivity index (χ4n) is 2.51. The van der Waals surface area contributed by atoms with Crippen molar-refractivity contribution in [2.45, 2.75) is 11.4 Å². The lowest BCUT2D eigenvalue weighted by Gasteiger charge is -2.33. The molecule has 0 aromatic heterocycles. The first kappa shape index (κ1) is 9.70. The largest absolute Gasteiger partial charge is 0.353 e. The van der Waals surface area contributed by atoms with Crippen LogP contribution in [0, 0.1) is 0 Å². The minimum atomic E-state index is -0.0335. The average molecular weight is 221 g/mol. The van der Waals surface area contributed by atoms with Crippen LogP contribution in [-0.4, -0.2) is 31.0 Å². The molecule has 0 aliphatic carbocycles. The van der Waals surface area contributed by atoms with Crippen LogP contribution >= 0.6 is 11.8 Å². The smallest absolute Gasteiger partial charge is 0.117 e. The third-order valence-corrected chi connectivity index (χ3v) is 4.37. The molecule has 1 saturated heterocycles. The second-order valence-corrected chi connectivity index (χ2v) is 5.42. The molecule has 2 aliphatic rings. The first-order valence-corrected chi connectivity index (χ1v) is 6.44. The van der Waals surface area contributed by atoms with E-state index in [1.807, 2.05) is 11.8 Å². The summed E-state index contributed by atoms with van der Waals surface area (Å²) < 4.78 is 6.03. The van der Waals surface area contributed by atoms with Gasteiger partial charge in [-0.3, -0.25) is 4.90 Å². The summed E-state index contributed by atoms with van der Waals surface area (Å²) in [6, 6.07) is 8.70. The third kappa shape index (κ3) is 1.50. The van der Waals surface area contributed by atoms with Crippen molar-refractivity contribution in [3.05, 3.63) is 35.4 Å². The number of benzene rings is 1. The highest BCUT2D eigenvalue weighted by atomic mass is 32.2. The highest BCUT2D eigenvalue weighted by Gasteiger charge is 2.42. The van der Waals surface area contributed by atoms with E-state index >= 15 is 0 Å². The Labute approximate surface area is 94.6 Å². The van der Waals surface area contributed by atoms with Crippen molar-refractivity contribution in [3.8, 4) is 0 Å². The molecule has 1 aromatic carbocycles. The van der Waals surface area contributed by atoms with E-state index in [1.54, 1.807) is 0 Å². The molecule has 80 valence electrons. The van der Waals surface area contributed by atoms with Crippen LogP contribution in [0.15, 0.2) is 24.3 Å². The lowest BCUT2D eigenvalue weighted by Crippen LogP contribution is -2.36. The third-order valence-electron chi connectivity index (χ3n) is 3.19. The molecule has 1 fully saturated rings. The molecule has 1 atom stereocenters. The van der Waals surface area contributed by atoms with Gasteiger partial charge in [0, 0.05) is 18.1 Å². The zero-order valence-electron chi connectivity index (χ0n) is 8.90. The molecule has 0 saturated carbocycles. The molecule has 1 spiro atoms. The average Bonchev–Trinajstić information content (AvgIpc) is 2.62. The van der Waals surface area contributed by atoms with Gasteiger partial charge in [0.2, 0.25) is 0 Å². The first-order chi connectivity index (χ1) is 7.30. The van der Waals surface area contributed by atoms with Gasteiger partial charge in [0.1, 0.15) is 12.3 Å². The minimum absolute atomic E-state index is 0.0335. The number of nitrogens with zero attached hydrogens (tertiary/aromatic N) is 1. The lowest BCUT2D eigenvalue weighted by molar-refractivity contribution is 0.0196. The Bertz CT molecular complexity index is 382. The van der Waals surface area contributed by atoms with Crippen LogP contribution in [0.25, 0.3) is 0 Å². The van der Waals surface area contributed by atoms with Crippen LogP contribution in [-0.2, 0) is 16.1 Å². The van der Waals surface area contributed by atoms with Gasteiger partial charge in [-0.1, -0.05) is 24.3 Å². The van der Waals surface area contributed by atoms with E-state index in [0.29, 0.717) is 0 Å². The van der Waals surface area contributed by atoms with Crippen molar-refractivity contribution < 1.29 is 4.74 Å². The van der Waals surface area contributed by atoms with Crippen LogP contribution in [0.5, 0.6) is 0 Å². The maximum atomic E-state index is 6.03. The molecule has 1 unspecified atom stereocenters. The SMILES string of the molecule is CN1COC2(CSCc3ccccc32)C1. The molecule has 0 amide bonds. The van der Waals surface area contributed by atoms with Gasteiger partial charge in [0.25, 0.3) is 0 Å². The summed E-state index contributed by atoms with van der Waals surface area (Å²) in [5.74, 6) is 2.22. The van der Waals surface area contributed by atoms with E-state index in [1.165, 1.54) is 11.1 Å². The summed E-state index contributed by atoms with van der Waals surface area (Å²) in [6.45, 7) is 1.78. The minimum Gasteiger partial charge on any atom is -0.353 e. The van der Waals surface area contributed by atoms with Crippen LogP contribution in [0.2, 0.25) is 0 Å². The summed E-state index contributed by atoms with van der Waals surface area (Å²) in [6.07, 6.45) is 0. The predicted octanol–water partition coefficient (Wildman–Crippen LogP) is 2.05. The molecule has 0 N–H and O–H groups in total. The maximum absolute atomic E-state index is 6.03. The Balaban J connectivity index is 2.06. The van der Waals surface area contributed by atoms with Crippen molar-refractivity contribution in [1.29, 1.82) is 0 Å². The number of ether oxygens (including phenoxy) is 1. The normalized spacial score (nSPS) is 30.7. The molecule has 0 radical (unpaired) electrons. The van der Waals surface area contributed by atoms with Gasteiger partial charge in [0.05, 0.1) is 0 Å². The molecule has 3 rings (SSSR count). The Hall–Kier alpha value is -0.510. The standard InChI is InChI=1S/C12H15NOS/c1-13-7-12(14-9-13)8-15-6-10-4-2-3-5-11(10)12/h2-5H,6-9H2,1H3. The number of hydrogen-bond acceptors (Lipinski definition) is 3. The second kappa shape index (κ2) is 3.51. The first-order valence-electron chi connectivity index (χ1n) is 5.29. The monoisotopic (exact) mass is 221 g/mol. The van der Waals surface area contributed by atoms with Gasteiger partial charge < -0.3 is 4.74 Å². The molecule has 3 heteroatoms. The van der Waals surface area contributed by atoms with E-state index in [4.69, 9.17) is 4.74 Å². The van der Waals surface area contributed by atoms with Gasteiger partial charge in [-0.2, -0.15) is 11.8 Å². The van der Waals surface area contributed by atoms with Crippen LogP contribution < -0.4 is 0 Å². The number of fused-ring (bicyclic) bond motifs is 2. The van der Waals surface area contributed by atoms with Gasteiger partial charge in [0.15, 0.2) is 0 Å². The second-order valence-electron chi connectivity index (χ2n) is 4.43. The molecular formula is C12H15NOS. The molecular weight excluding hydrogens is 206 g/mol. The highest BCUT2D eigenvalue weighted by Crippen LogP contribution is 2.41. The van der Waals surface area contributed by atoms with E-state index in [9.17, 15) is 0 Å². The van der Waals surface area contributed by atoms with E-state index < -0.39 is 0 Å². The zero-order valence-corrected chi connectivity index (χ0v) is 9.72. The number of likely N-dealkylation sites (N-methyl/N-ethyl adjacent to an activating group) is 1. The molecule has 2 heterocycles. The molecule has 2 nitrogen and oxygen atoms in total. The molecule has 15 heavy (non-hydrogen) atoms. The van der Waals surface area contributed by atoms with Gasteiger partial charge in [-0.05, 0) is 18.2 Å². The van der Waals surface area contributed by atoms with E-state index in [0.717, 1.165) is 24.8 Å². The number of rotatable bonds is 0. The van der Waals surface area contributed by atoms with Crippen molar-refractivity contribution in [2.24, 2.45) is 0 Å². The van der Waals surface area contributed by atoms with E-state index in [2.05, 4.69) is 36.2 Å². The maximum Gasteiger partial charge on any atom is 0.117 e. The summed E-state index contributed by atoms with van der Waals surface area (Å²) in [5, 5.41) is 0. The Kier molecular flexibility index (Phi) is 2.27. The quantitative estimate of drug-likeness (QED) is 0.665. The number of hydrogen-bond donors (Lipinski definition) is 0. The Morgan fingerprint density at radius 1 is 1.40 bits per heavy atom. The Morgan fingerprint density at radius 3 is 3.07 bits per heavy atom. The Morgan fingerprint density at radius 2 is 2.27 bits per heavy atom. The van der Waals surface area contributed by atoms with Gasteiger partial charge in [-0.15, -0.1) is 0 Å². The van der Waals surface area contributed by atoms with Crippen LogP contribution in [0.3, 0.4) is 0 Å². The van der Waals surface area contributed by atoms with E-state index in [-0.39, 0.29) is 5.60 Å². The molecule has 0 bridgehead atoms. The fraction of sp³-hybridized carbons (Fsp3) is 0.500. The molecule has 1 aromatic rings. The van der Waals surface area contributed by atoms with Gasteiger partial charge in [-0.25, -0.2) is 0 Å².